The van der Waals surface area contributed by atoms with Crippen molar-refractivity contribution in [2.75, 3.05) is 18.5 Å². The summed E-state index contributed by atoms with van der Waals surface area (Å²) in [5.74, 6) is 0.615. The molecule has 0 atom stereocenters. The first-order valence-electron chi connectivity index (χ1n) is 8.23. The minimum absolute atomic E-state index is 0.0978. The molecule has 0 bridgehead atoms. The molecule has 0 saturated carbocycles. The lowest BCUT2D eigenvalue weighted by molar-refractivity contribution is -0.114. The molecule has 134 valence electrons. The molecule has 0 spiro atoms. The van der Waals surface area contributed by atoms with Crippen LogP contribution >= 0.6 is 0 Å². The van der Waals surface area contributed by atoms with Crippen LogP contribution in [-0.2, 0) is 16.1 Å². The van der Waals surface area contributed by atoms with E-state index in [4.69, 9.17) is 9.47 Å². The van der Waals surface area contributed by atoms with Crippen LogP contribution in [-0.4, -0.2) is 24.1 Å². The third kappa shape index (κ3) is 9.94. The highest BCUT2D eigenvalue weighted by Gasteiger charge is 1.99. The van der Waals surface area contributed by atoms with E-state index in [1.807, 2.05) is 30.3 Å². The number of pyridine rings is 1. The minimum atomic E-state index is -0.0978. The van der Waals surface area contributed by atoms with Crippen molar-refractivity contribution in [3.63, 3.8) is 0 Å². The smallest absolute Gasteiger partial charge is 0.221 e. The highest BCUT2D eigenvalue weighted by Crippen LogP contribution is 2.18. The zero-order chi connectivity index (χ0) is 18.3. The van der Waals surface area contributed by atoms with Crippen LogP contribution in [0.15, 0.2) is 61.4 Å². The first-order chi connectivity index (χ1) is 12.2. The molecule has 1 aromatic heterocycles. The minimum Gasteiger partial charge on any atom is -0.489 e. The number of amides is 1. The summed E-state index contributed by atoms with van der Waals surface area (Å²) in [6.45, 7) is 9.07. The molecule has 2 rings (SSSR count). The lowest BCUT2D eigenvalue weighted by Gasteiger charge is -2.08. The Hall–Kier alpha value is -2.66. The summed E-state index contributed by atoms with van der Waals surface area (Å²) in [5.41, 5.74) is 1.73. The number of carbonyl (C=O) groups excluding carboxylic acids is 1. The molecule has 1 amide bonds. The number of hydrogen-bond donors (Lipinski definition) is 1. The first kappa shape index (κ1) is 20.4. The molecule has 0 unspecified atom stereocenters. The molecule has 0 aliphatic carbocycles. The van der Waals surface area contributed by atoms with E-state index in [1.54, 1.807) is 24.5 Å². The van der Waals surface area contributed by atoms with E-state index < -0.39 is 0 Å². The molecular weight excluding hydrogens is 316 g/mol. The third-order valence-electron chi connectivity index (χ3n) is 2.87. The van der Waals surface area contributed by atoms with Gasteiger partial charge in [-0.05, 0) is 24.6 Å². The van der Waals surface area contributed by atoms with Gasteiger partial charge in [0, 0.05) is 43.2 Å². The fourth-order valence-corrected chi connectivity index (χ4v) is 1.83. The zero-order valence-electron chi connectivity index (χ0n) is 14.9. The normalized spacial score (nSPS) is 9.52. The van der Waals surface area contributed by atoms with Gasteiger partial charge in [-0.2, -0.15) is 0 Å². The summed E-state index contributed by atoms with van der Waals surface area (Å²) in [4.78, 5) is 15.0. The van der Waals surface area contributed by atoms with Crippen LogP contribution in [0.25, 0.3) is 0 Å². The van der Waals surface area contributed by atoms with Gasteiger partial charge in [-0.1, -0.05) is 25.1 Å². The molecule has 0 aliphatic rings. The van der Waals surface area contributed by atoms with E-state index in [-0.39, 0.29) is 5.91 Å². The summed E-state index contributed by atoms with van der Waals surface area (Å²) >= 11 is 0. The van der Waals surface area contributed by atoms with Gasteiger partial charge in [-0.15, -0.1) is 6.58 Å². The van der Waals surface area contributed by atoms with Crippen molar-refractivity contribution in [1.82, 2.24) is 4.98 Å². The molecule has 0 saturated heterocycles. The van der Waals surface area contributed by atoms with Crippen molar-refractivity contribution in [3.8, 4) is 5.75 Å². The van der Waals surface area contributed by atoms with E-state index in [0.717, 1.165) is 24.3 Å². The average Bonchev–Trinajstić information content (AvgIpc) is 2.62. The van der Waals surface area contributed by atoms with Crippen LogP contribution in [0.3, 0.4) is 0 Å². The van der Waals surface area contributed by atoms with Crippen molar-refractivity contribution < 1.29 is 14.3 Å². The summed E-state index contributed by atoms with van der Waals surface area (Å²) < 4.78 is 10.6. The van der Waals surface area contributed by atoms with Crippen LogP contribution in [0.2, 0.25) is 0 Å². The highest BCUT2D eigenvalue weighted by molar-refractivity contribution is 5.88. The van der Waals surface area contributed by atoms with Gasteiger partial charge in [0.25, 0.3) is 0 Å². The predicted octanol–water partition coefficient (Wildman–Crippen LogP) is 4.22. The Morgan fingerprint density at radius 3 is 2.80 bits per heavy atom. The van der Waals surface area contributed by atoms with E-state index in [1.165, 1.54) is 6.92 Å². The van der Waals surface area contributed by atoms with Gasteiger partial charge >= 0.3 is 0 Å². The van der Waals surface area contributed by atoms with Crippen LogP contribution < -0.4 is 10.1 Å². The maximum atomic E-state index is 10.9. The molecule has 1 N–H and O–H groups in total. The molecule has 5 nitrogen and oxygen atoms in total. The Kier molecular flexibility index (Phi) is 10.4. The van der Waals surface area contributed by atoms with Crippen LogP contribution in [0.1, 0.15) is 25.8 Å². The van der Waals surface area contributed by atoms with Gasteiger partial charge < -0.3 is 14.8 Å². The Bertz CT molecular complexity index is 630. The van der Waals surface area contributed by atoms with E-state index in [0.29, 0.717) is 19.0 Å². The van der Waals surface area contributed by atoms with Crippen LogP contribution in [0.5, 0.6) is 5.75 Å². The Morgan fingerprint density at radius 1 is 1.32 bits per heavy atom. The second-order valence-electron chi connectivity index (χ2n) is 5.22. The molecular formula is C20H26N2O3. The second-order valence-corrected chi connectivity index (χ2v) is 5.22. The van der Waals surface area contributed by atoms with Crippen molar-refractivity contribution in [1.29, 1.82) is 0 Å². The van der Waals surface area contributed by atoms with Crippen molar-refractivity contribution in [3.05, 3.63) is 67.0 Å². The van der Waals surface area contributed by atoms with Crippen LogP contribution in [0.4, 0.5) is 5.69 Å². The fourth-order valence-electron chi connectivity index (χ4n) is 1.83. The topological polar surface area (TPSA) is 60.5 Å². The SMILES string of the molecule is C=CCOCCC.CC(=O)Nc1cccc(OCc2cccnc2)c1. The largest absolute Gasteiger partial charge is 0.489 e. The number of hydrogen-bond acceptors (Lipinski definition) is 4. The van der Waals surface area contributed by atoms with E-state index in [9.17, 15) is 4.79 Å². The van der Waals surface area contributed by atoms with Gasteiger partial charge in [0.1, 0.15) is 12.4 Å². The predicted molar refractivity (Wildman–Crippen MR) is 101 cm³/mol. The van der Waals surface area contributed by atoms with Gasteiger partial charge in [-0.3, -0.25) is 9.78 Å². The zero-order valence-corrected chi connectivity index (χ0v) is 14.9. The van der Waals surface area contributed by atoms with Gasteiger partial charge in [0.2, 0.25) is 5.91 Å². The number of anilines is 1. The molecule has 0 aliphatic heterocycles. The number of nitrogens with one attached hydrogen (secondary N) is 1. The van der Waals surface area contributed by atoms with Crippen molar-refractivity contribution >= 4 is 11.6 Å². The van der Waals surface area contributed by atoms with E-state index >= 15 is 0 Å². The third-order valence-corrected chi connectivity index (χ3v) is 2.87. The summed E-state index contributed by atoms with van der Waals surface area (Å²) in [7, 11) is 0. The Morgan fingerprint density at radius 2 is 2.16 bits per heavy atom. The monoisotopic (exact) mass is 342 g/mol. The van der Waals surface area contributed by atoms with E-state index in [2.05, 4.69) is 23.8 Å². The number of benzene rings is 1. The molecule has 0 radical (unpaired) electrons. The first-order valence-corrected chi connectivity index (χ1v) is 8.23. The molecule has 0 fully saturated rings. The number of nitrogens with zero attached hydrogens (tertiary/aromatic N) is 1. The van der Waals surface area contributed by atoms with Gasteiger partial charge in [-0.25, -0.2) is 0 Å². The summed E-state index contributed by atoms with van der Waals surface area (Å²) in [6.07, 6.45) is 6.34. The number of carbonyl (C=O) groups is 1. The van der Waals surface area contributed by atoms with Gasteiger partial charge in [0.05, 0.1) is 6.61 Å². The van der Waals surface area contributed by atoms with Crippen molar-refractivity contribution in [2.45, 2.75) is 26.9 Å². The summed E-state index contributed by atoms with van der Waals surface area (Å²) in [5, 5.41) is 2.71. The second kappa shape index (κ2) is 12.7. The molecule has 1 heterocycles. The highest BCUT2D eigenvalue weighted by atomic mass is 16.5. The standard InChI is InChI=1S/C14H14N2O2.C6H12O/c1-11(17)16-13-5-2-6-14(8-13)18-10-12-4-3-7-15-9-12;1-3-5-7-6-4-2/h2-9H,10H2,1H3,(H,16,17);3H,1,4-6H2,2H3. The fraction of sp³-hybridized carbons (Fsp3) is 0.300. The lowest BCUT2D eigenvalue weighted by Crippen LogP contribution is -2.05. The molecule has 1 aromatic carbocycles. The number of ether oxygens (including phenoxy) is 2. The number of rotatable bonds is 8. The average molecular weight is 342 g/mol. The molecule has 2 aromatic rings. The molecule has 5 heteroatoms. The van der Waals surface area contributed by atoms with Crippen LogP contribution in [0, 0.1) is 0 Å². The maximum Gasteiger partial charge on any atom is 0.221 e. The van der Waals surface area contributed by atoms with Crippen molar-refractivity contribution in [2.24, 2.45) is 0 Å². The Balaban J connectivity index is 0.000000381. The maximum absolute atomic E-state index is 10.9. The molecule has 25 heavy (non-hydrogen) atoms. The Labute approximate surface area is 149 Å². The lowest BCUT2D eigenvalue weighted by atomic mass is 10.3. The number of aromatic nitrogens is 1. The summed E-state index contributed by atoms with van der Waals surface area (Å²) in [6, 6.07) is 11.1. The van der Waals surface area contributed by atoms with Gasteiger partial charge in [0.15, 0.2) is 0 Å². The quantitative estimate of drug-likeness (QED) is 0.576.